The van der Waals surface area contributed by atoms with E-state index < -0.39 is 0 Å². The molecule has 0 unspecified atom stereocenters. The number of ether oxygens (including phenoxy) is 2. The molecule has 0 atom stereocenters. The van der Waals surface area contributed by atoms with E-state index in [1.165, 1.54) is 0 Å². The number of nitrogens with zero attached hydrogens (tertiary/aromatic N) is 3. The minimum Gasteiger partial charge on any atom is -0.497 e. The molecule has 7 heteroatoms. The normalized spacial score (nSPS) is 16.3. The minimum atomic E-state index is 0.0171. The molecule has 2 aromatic carbocycles. The smallest absolute Gasteiger partial charge is 0.270 e. The van der Waals surface area contributed by atoms with E-state index in [1.54, 1.807) is 7.11 Å². The van der Waals surface area contributed by atoms with Crippen LogP contribution in [0, 0.1) is 5.92 Å². The van der Waals surface area contributed by atoms with Gasteiger partial charge in [-0.25, -0.2) is 4.68 Å². The highest BCUT2D eigenvalue weighted by molar-refractivity contribution is 5.79. The van der Waals surface area contributed by atoms with E-state index in [0.29, 0.717) is 45.8 Å². The second kappa shape index (κ2) is 9.89. The molecule has 1 aromatic heterocycles. The van der Waals surface area contributed by atoms with Crippen molar-refractivity contribution >= 4 is 5.91 Å². The van der Waals surface area contributed by atoms with E-state index in [-0.39, 0.29) is 17.4 Å². The van der Waals surface area contributed by atoms with Crippen LogP contribution in [0.25, 0.3) is 0 Å². The molecule has 7 nitrogen and oxygen atoms in total. The minimum absolute atomic E-state index is 0.0171. The quantitative estimate of drug-likeness (QED) is 0.566. The Morgan fingerprint density at radius 1 is 0.971 bits per heavy atom. The molecule has 2 aliphatic heterocycles. The summed E-state index contributed by atoms with van der Waals surface area (Å²) in [7, 11) is 1.65. The maximum absolute atomic E-state index is 13.5. The Labute approximate surface area is 199 Å². The van der Waals surface area contributed by atoms with Crippen LogP contribution in [0.15, 0.2) is 59.4 Å². The van der Waals surface area contributed by atoms with Crippen molar-refractivity contribution in [3.63, 3.8) is 0 Å². The van der Waals surface area contributed by atoms with Crippen LogP contribution >= 0.6 is 0 Å². The third kappa shape index (κ3) is 4.53. The van der Waals surface area contributed by atoms with Gasteiger partial charge in [0.1, 0.15) is 5.75 Å². The van der Waals surface area contributed by atoms with Crippen LogP contribution in [0.1, 0.15) is 35.2 Å². The lowest BCUT2D eigenvalue weighted by atomic mass is 9.97. The fourth-order valence-electron chi connectivity index (χ4n) is 5.01. The van der Waals surface area contributed by atoms with Gasteiger partial charge in [-0.2, -0.15) is 0 Å². The van der Waals surface area contributed by atoms with Gasteiger partial charge in [-0.05, 0) is 42.5 Å². The highest BCUT2D eigenvalue weighted by Crippen LogP contribution is 2.24. The van der Waals surface area contributed by atoms with Crippen LogP contribution < -0.4 is 10.3 Å². The van der Waals surface area contributed by atoms with Crippen molar-refractivity contribution in [2.45, 2.75) is 38.9 Å². The molecule has 34 heavy (non-hydrogen) atoms. The van der Waals surface area contributed by atoms with Crippen LogP contribution in [0.2, 0.25) is 0 Å². The first-order valence-electron chi connectivity index (χ1n) is 12.0. The molecule has 0 saturated carbocycles. The summed E-state index contributed by atoms with van der Waals surface area (Å²) < 4.78 is 14.7. The lowest BCUT2D eigenvalue weighted by Crippen LogP contribution is -2.42. The number of amides is 1. The van der Waals surface area contributed by atoms with E-state index in [1.807, 2.05) is 64.2 Å². The zero-order chi connectivity index (χ0) is 23.5. The number of hydrogen-bond acceptors (Lipinski definition) is 4. The first-order chi connectivity index (χ1) is 16.6. The highest BCUT2D eigenvalue weighted by Gasteiger charge is 2.32. The molecule has 0 bridgehead atoms. The second-order valence-electron chi connectivity index (χ2n) is 9.08. The number of carbonyl (C=O) groups excluding carboxylic acids is 1. The lowest BCUT2D eigenvalue weighted by Gasteiger charge is -2.32. The van der Waals surface area contributed by atoms with Crippen LogP contribution in [0.3, 0.4) is 0 Å². The molecule has 1 saturated heterocycles. The Kier molecular flexibility index (Phi) is 6.54. The van der Waals surface area contributed by atoms with Crippen LogP contribution in [0.4, 0.5) is 0 Å². The standard InChI is InChI=1S/C27H31N3O4/c1-33-23-9-7-21(8-10-23)17-29-25-19-28(26(31)22-12-15-34-16-13-22)14-11-24(25)27(32)30(29)18-20-5-3-2-4-6-20/h2-10,22H,11-19H2,1H3. The van der Waals surface area contributed by atoms with Crippen LogP contribution in [-0.4, -0.2) is 47.0 Å². The van der Waals surface area contributed by atoms with Gasteiger partial charge in [-0.1, -0.05) is 42.5 Å². The summed E-state index contributed by atoms with van der Waals surface area (Å²) in [6, 6.07) is 18.0. The number of fused-ring (bicyclic) bond motifs is 1. The Morgan fingerprint density at radius 3 is 2.35 bits per heavy atom. The third-order valence-corrected chi connectivity index (χ3v) is 6.97. The van der Waals surface area contributed by atoms with Gasteiger partial charge in [0.25, 0.3) is 5.56 Å². The number of hydrogen-bond donors (Lipinski definition) is 0. The van der Waals surface area contributed by atoms with Gasteiger partial charge in [0.15, 0.2) is 0 Å². The zero-order valence-electron chi connectivity index (χ0n) is 19.6. The van der Waals surface area contributed by atoms with Gasteiger partial charge in [-0.15, -0.1) is 0 Å². The average Bonchev–Trinajstić information content (AvgIpc) is 3.15. The molecule has 1 amide bonds. The number of aromatic nitrogens is 2. The Balaban J connectivity index is 1.49. The van der Waals surface area contributed by atoms with Crippen molar-refractivity contribution in [1.82, 2.24) is 14.3 Å². The molecule has 2 aliphatic rings. The van der Waals surface area contributed by atoms with E-state index in [0.717, 1.165) is 41.0 Å². The van der Waals surface area contributed by atoms with Gasteiger partial charge >= 0.3 is 0 Å². The van der Waals surface area contributed by atoms with Crippen LogP contribution in [0.5, 0.6) is 5.75 Å². The van der Waals surface area contributed by atoms with Gasteiger partial charge in [0.05, 0.1) is 32.4 Å². The summed E-state index contributed by atoms with van der Waals surface area (Å²) in [6.45, 7) is 3.41. The summed E-state index contributed by atoms with van der Waals surface area (Å²) >= 11 is 0. The highest BCUT2D eigenvalue weighted by atomic mass is 16.5. The first-order valence-corrected chi connectivity index (χ1v) is 12.0. The number of carbonyl (C=O) groups is 1. The van der Waals surface area contributed by atoms with Crippen molar-refractivity contribution in [3.8, 4) is 5.75 Å². The summed E-state index contributed by atoms with van der Waals surface area (Å²) in [6.07, 6.45) is 2.14. The van der Waals surface area contributed by atoms with Gasteiger partial charge in [0.2, 0.25) is 5.91 Å². The summed E-state index contributed by atoms with van der Waals surface area (Å²) in [5.41, 5.74) is 3.98. The number of benzene rings is 2. The van der Waals surface area contributed by atoms with Crippen molar-refractivity contribution in [2.24, 2.45) is 5.92 Å². The van der Waals surface area contributed by atoms with E-state index in [2.05, 4.69) is 4.68 Å². The average molecular weight is 462 g/mol. The lowest BCUT2D eigenvalue weighted by molar-refractivity contribution is -0.139. The molecule has 1 fully saturated rings. The predicted molar refractivity (Wildman–Crippen MR) is 129 cm³/mol. The third-order valence-electron chi connectivity index (χ3n) is 6.97. The Morgan fingerprint density at radius 2 is 1.65 bits per heavy atom. The molecule has 178 valence electrons. The molecule has 0 radical (unpaired) electrons. The molecule has 0 spiro atoms. The molecule has 3 aromatic rings. The van der Waals surface area contributed by atoms with Gasteiger partial charge in [-0.3, -0.25) is 14.3 Å². The molecule has 5 rings (SSSR count). The maximum atomic E-state index is 13.5. The molecular formula is C27H31N3O4. The second-order valence-corrected chi connectivity index (χ2v) is 9.08. The fourth-order valence-corrected chi connectivity index (χ4v) is 5.01. The Hall–Kier alpha value is -3.32. The topological polar surface area (TPSA) is 65.7 Å². The van der Waals surface area contributed by atoms with Crippen molar-refractivity contribution in [3.05, 3.63) is 87.3 Å². The largest absolute Gasteiger partial charge is 0.497 e. The fraction of sp³-hybridized carbons (Fsp3) is 0.407. The zero-order valence-corrected chi connectivity index (χ0v) is 19.6. The first kappa shape index (κ1) is 22.5. The van der Waals surface area contributed by atoms with E-state index in [9.17, 15) is 9.59 Å². The van der Waals surface area contributed by atoms with Crippen LogP contribution in [-0.2, 0) is 35.6 Å². The summed E-state index contributed by atoms with van der Waals surface area (Å²) in [5, 5.41) is 0. The summed E-state index contributed by atoms with van der Waals surface area (Å²) in [5.74, 6) is 1.00. The SMILES string of the molecule is COc1ccc(Cn2c3c(c(=O)n2Cc2ccccc2)CCN(C(=O)C2CCOCC2)C3)cc1. The van der Waals surface area contributed by atoms with Gasteiger partial charge in [0, 0.05) is 31.2 Å². The molecule has 0 N–H and O–H groups in total. The molecular weight excluding hydrogens is 430 g/mol. The van der Waals surface area contributed by atoms with Crippen molar-refractivity contribution < 1.29 is 14.3 Å². The monoisotopic (exact) mass is 461 g/mol. The molecule has 3 heterocycles. The van der Waals surface area contributed by atoms with Crippen molar-refractivity contribution in [1.29, 1.82) is 0 Å². The number of methoxy groups -OCH3 is 1. The van der Waals surface area contributed by atoms with E-state index >= 15 is 0 Å². The van der Waals surface area contributed by atoms with Gasteiger partial charge < -0.3 is 14.4 Å². The molecule has 0 aliphatic carbocycles. The van der Waals surface area contributed by atoms with Crippen molar-refractivity contribution in [2.75, 3.05) is 26.9 Å². The Bertz CT molecular complexity index is 1190. The summed E-state index contributed by atoms with van der Waals surface area (Å²) in [4.78, 5) is 28.7. The predicted octanol–water partition coefficient (Wildman–Crippen LogP) is 3.07. The van der Waals surface area contributed by atoms with E-state index in [4.69, 9.17) is 9.47 Å². The number of rotatable bonds is 6. The maximum Gasteiger partial charge on any atom is 0.270 e.